The molecule has 2 fully saturated rings. The van der Waals surface area contributed by atoms with Crippen molar-refractivity contribution in [3.8, 4) is 0 Å². The van der Waals surface area contributed by atoms with Gasteiger partial charge in [-0.15, -0.1) is 0 Å². The number of benzene rings is 1. The smallest absolute Gasteiger partial charge is 0.253 e. The average molecular weight is 408 g/mol. The summed E-state index contributed by atoms with van der Waals surface area (Å²) < 4.78 is 0. The van der Waals surface area contributed by atoms with Gasteiger partial charge in [0.2, 0.25) is 5.91 Å². The predicted molar refractivity (Wildman–Crippen MR) is 119 cm³/mol. The number of nitrogens with one attached hydrogen (secondary N) is 2. The van der Waals surface area contributed by atoms with Crippen LogP contribution in [0.15, 0.2) is 47.1 Å². The molecular weight excluding hydrogens is 374 g/mol. The zero-order chi connectivity index (χ0) is 21.3. The summed E-state index contributed by atoms with van der Waals surface area (Å²) in [6.45, 7) is 7.50. The highest BCUT2D eigenvalue weighted by atomic mass is 16.2. The Bertz CT molecular complexity index is 858. The molecule has 0 aromatic heterocycles. The van der Waals surface area contributed by atoms with Crippen LogP contribution in [0.25, 0.3) is 0 Å². The summed E-state index contributed by atoms with van der Waals surface area (Å²) in [6.07, 6.45) is 8.97. The van der Waals surface area contributed by atoms with Gasteiger partial charge in [-0.05, 0) is 54.4 Å². The minimum absolute atomic E-state index is 0.154. The summed E-state index contributed by atoms with van der Waals surface area (Å²) >= 11 is 0. The monoisotopic (exact) mass is 407 g/mol. The number of nitrogens with zero attached hydrogens (tertiary/aromatic N) is 1. The van der Waals surface area contributed by atoms with Crippen LogP contribution < -0.4 is 10.7 Å². The van der Waals surface area contributed by atoms with E-state index in [4.69, 9.17) is 0 Å². The van der Waals surface area contributed by atoms with E-state index in [0.29, 0.717) is 29.7 Å². The van der Waals surface area contributed by atoms with Crippen LogP contribution in [0.3, 0.4) is 0 Å². The second kappa shape index (κ2) is 8.37. The van der Waals surface area contributed by atoms with Gasteiger partial charge in [0.05, 0.1) is 0 Å². The normalized spacial score (nSPS) is 33.0. The Morgan fingerprint density at radius 2 is 2.03 bits per heavy atom. The predicted octanol–water partition coefficient (Wildman–Crippen LogP) is 4.03. The fourth-order valence-corrected chi connectivity index (χ4v) is 5.58. The number of carbonyl (C=O) groups excluding carboxylic acids is 2. The first-order valence-electron chi connectivity index (χ1n) is 11.2. The molecule has 5 atom stereocenters. The van der Waals surface area contributed by atoms with Gasteiger partial charge in [0.1, 0.15) is 5.92 Å². The van der Waals surface area contributed by atoms with E-state index in [-0.39, 0.29) is 17.7 Å². The Kier molecular flexibility index (Phi) is 5.81. The molecule has 1 aromatic rings. The number of carbonyl (C=O) groups is 2. The summed E-state index contributed by atoms with van der Waals surface area (Å²) in [4.78, 5) is 25.1. The molecule has 30 heavy (non-hydrogen) atoms. The fraction of sp³-hybridized carbons (Fsp3) is 0.560. The van der Waals surface area contributed by atoms with Gasteiger partial charge in [-0.1, -0.05) is 62.8 Å². The van der Waals surface area contributed by atoms with Crippen molar-refractivity contribution < 1.29 is 9.59 Å². The van der Waals surface area contributed by atoms with Crippen LogP contribution in [-0.4, -0.2) is 24.6 Å². The molecule has 0 spiro atoms. The maximum Gasteiger partial charge on any atom is 0.253 e. The van der Waals surface area contributed by atoms with E-state index in [1.165, 1.54) is 12.8 Å². The van der Waals surface area contributed by atoms with E-state index in [0.717, 1.165) is 18.4 Å². The molecule has 0 radical (unpaired) electrons. The summed E-state index contributed by atoms with van der Waals surface area (Å²) in [5.74, 6) is 0.00979. The number of hydrazone groups is 1. The van der Waals surface area contributed by atoms with Gasteiger partial charge < -0.3 is 5.32 Å². The molecule has 1 heterocycles. The molecule has 4 rings (SSSR count). The minimum atomic E-state index is -0.736. The second-order valence-corrected chi connectivity index (χ2v) is 9.93. The standard InChI is InChI=1S/C25H33N3O2/c1-16-12-18-10-7-11-25(2,3)21(18)13-19(16)14-27-28-24(30)22-20(15-26-23(22)29)17-8-5-4-6-9-17/h4-6,8-10,14,16,19-22H,7,11-13,15H2,1-3H3,(H,26,29)(H,28,30)/b27-14+. The number of rotatable bonds is 4. The van der Waals surface area contributed by atoms with Crippen LogP contribution in [0, 0.1) is 29.1 Å². The largest absolute Gasteiger partial charge is 0.355 e. The van der Waals surface area contributed by atoms with Crippen LogP contribution in [0.2, 0.25) is 0 Å². The van der Waals surface area contributed by atoms with E-state index in [2.05, 4.69) is 42.7 Å². The highest BCUT2D eigenvalue weighted by molar-refractivity contribution is 6.03. The molecule has 1 aromatic carbocycles. The third kappa shape index (κ3) is 4.07. The van der Waals surface area contributed by atoms with Crippen molar-refractivity contribution in [1.29, 1.82) is 0 Å². The average Bonchev–Trinajstić information content (AvgIpc) is 3.10. The van der Waals surface area contributed by atoms with Gasteiger partial charge in [-0.3, -0.25) is 9.59 Å². The number of fused-ring (bicyclic) bond motifs is 1. The van der Waals surface area contributed by atoms with Crippen molar-refractivity contribution in [2.75, 3.05) is 6.54 Å². The van der Waals surface area contributed by atoms with Crippen molar-refractivity contribution in [3.63, 3.8) is 0 Å². The fourth-order valence-electron chi connectivity index (χ4n) is 5.58. The summed E-state index contributed by atoms with van der Waals surface area (Å²) in [5.41, 5.74) is 5.61. The topological polar surface area (TPSA) is 70.6 Å². The van der Waals surface area contributed by atoms with Gasteiger partial charge in [0, 0.05) is 18.7 Å². The lowest BCUT2D eigenvalue weighted by Crippen LogP contribution is -2.38. The lowest BCUT2D eigenvalue weighted by atomic mass is 9.59. The van der Waals surface area contributed by atoms with Gasteiger partial charge in [-0.2, -0.15) is 5.10 Å². The number of allylic oxidation sites excluding steroid dienone is 2. The highest BCUT2D eigenvalue weighted by Gasteiger charge is 2.42. The lowest BCUT2D eigenvalue weighted by molar-refractivity contribution is -0.133. The molecule has 1 aliphatic heterocycles. The zero-order valence-corrected chi connectivity index (χ0v) is 18.2. The number of hydrogen-bond donors (Lipinski definition) is 2. The van der Waals surface area contributed by atoms with E-state index >= 15 is 0 Å². The van der Waals surface area contributed by atoms with Gasteiger partial charge in [0.15, 0.2) is 0 Å². The molecule has 2 amide bonds. The Labute approximate surface area is 179 Å². The molecule has 1 saturated carbocycles. The van der Waals surface area contributed by atoms with E-state index in [1.54, 1.807) is 5.57 Å². The second-order valence-electron chi connectivity index (χ2n) is 9.93. The number of hydrogen-bond acceptors (Lipinski definition) is 3. The highest BCUT2D eigenvalue weighted by Crippen LogP contribution is 2.50. The van der Waals surface area contributed by atoms with Gasteiger partial charge >= 0.3 is 0 Å². The van der Waals surface area contributed by atoms with Crippen molar-refractivity contribution >= 4 is 18.0 Å². The van der Waals surface area contributed by atoms with Crippen molar-refractivity contribution in [2.24, 2.45) is 34.2 Å². The van der Waals surface area contributed by atoms with E-state index in [1.807, 2.05) is 36.5 Å². The molecule has 1 saturated heterocycles. The lowest BCUT2D eigenvalue weighted by Gasteiger charge is -2.46. The van der Waals surface area contributed by atoms with Gasteiger partial charge in [0.25, 0.3) is 5.91 Å². The van der Waals surface area contributed by atoms with E-state index < -0.39 is 5.92 Å². The van der Waals surface area contributed by atoms with Gasteiger partial charge in [-0.25, -0.2) is 5.43 Å². The van der Waals surface area contributed by atoms with Crippen molar-refractivity contribution in [2.45, 2.75) is 52.4 Å². The molecule has 3 aliphatic rings. The number of amides is 2. The first-order valence-corrected chi connectivity index (χ1v) is 11.2. The molecule has 5 nitrogen and oxygen atoms in total. The first-order chi connectivity index (χ1) is 14.4. The third-order valence-electron chi connectivity index (χ3n) is 7.51. The van der Waals surface area contributed by atoms with Crippen molar-refractivity contribution in [1.82, 2.24) is 10.7 Å². The van der Waals surface area contributed by atoms with Crippen LogP contribution in [0.5, 0.6) is 0 Å². The molecular formula is C25H33N3O2. The molecule has 2 aliphatic carbocycles. The summed E-state index contributed by atoms with van der Waals surface area (Å²) in [5, 5.41) is 7.14. The Hall–Kier alpha value is -2.43. The van der Waals surface area contributed by atoms with Crippen LogP contribution >= 0.6 is 0 Å². The Balaban J connectivity index is 1.41. The molecule has 2 N–H and O–H groups in total. The van der Waals surface area contributed by atoms with Crippen LogP contribution in [0.4, 0.5) is 0 Å². The molecule has 5 heteroatoms. The SMILES string of the molecule is CC1CC2=CCCC(C)(C)C2CC1/C=N/NC(=O)C1C(=O)NCC1c1ccccc1. The maximum atomic E-state index is 12.8. The van der Waals surface area contributed by atoms with Crippen molar-refractivity contribution in [3.05, 3.63) is 47.5 Å². The Morgan fingerprint density at radius 1 is 1.27 bits per heavy atom. The summed E-state index contributed by atoms with van der Waals surface area (Å²) in [6, 6.07) is 9.74. The van der Waals surface area contributed by atoms with E-state index in [9.17, 15) is 9.59 Å². The molecule has 160 valence electrons. The zero-order valence-electron chi connectivity index (χ0n) is 18.2. The minimum Gasteiger partial charge on any atom is -0.355 e. The summed E-state index contributed by atoms with van der Waals surface area (Å²) in [7, 11) is 0. The Morgan fingerprint density at radius 3 is 2.80 bits per heavy atom. The first kappa shape index (κ1) is 20.8. The molecule has 0 bridgehead atoms. The van der Waals surface area contributed by atoms with Crippen LogP contribution in [-0.2, 0) is 9.59 Å². The van der Waals surface area contributed by atoms with Crippen LogP contribution in [0.1, 0.15) is 57.9 Å². The third-order valence-corrected chi connectivity index (χ3v) is 7.51. The maximum absolute atomic E-state index is 12.8. The molecule has 5 unspecified atom stereocenters. The quantitative estimate of drug-likeness (QED) is 0.342.